The van der Waals surface area contributed by atoms with Crippen molar-refractivity contribution in [2.45, 2.75) is 25.3 Å². The Hall–Kier alpha value is -2.15. The van der Waals surface area contributed by atoms with Gasteiger partial charge in [-0.05, 0) is 25.0 Å². The van der Waals surface area contributed by atoms with Gasteiger partial charge >= 0.3 is 0 Å². The zero-order chi connectivity index (χ0) is 17.1. The Kier molecular flexibility index (Phi) is 4.99. The van der Waals surface area contributed by atoms with Crippen LogP contribution in [-0.4, -0.2) is 49.6 Å². The van der Waals surface area contributed by atoms with E-state index in [-0.39, 0.29) is 23.9 Å². The minimum atomic E-state index is -0.466. The number of halogens is 1. The number of hydrogen-bond donors (Lipinski definition) is 1. The Morgan fingerprint density at radius 1 is 1.38 bits per heavy atom. The van der Waals surface area contributed by atoms with Gasteiger partial charge in [-0.25, -0.2) is 4.39 Å². The molecular weight excluding hydrogens is 315 g/mol. The molecule has 1 aromatic carbocycles. The number of anilines is 1. The molecule has 1 heterocycles. The average molecular weight is 336 g/mol. The fraction of sp³-hybridized carbons (Fsp3) is 0.529. The topological polar surface area (TPSA) is 67.9 Å². The van der Waals surface area contributed by atoms with Gasteiger partial charge in [0.2, 0.25) is 11.8 Å². The molecule has 2 amide bonds. The van der Waals surface area contributed by atoms with Gasteiger partial charge in [-0.15, -0.1) is 0 Å². The van der Waals surface area contributed by atoms with Crippen molar-refractivity contribution >= 4 is 17.5 Å². The summed E-state index contributed by atoms with van der Waals surface area (Å²) in [6, 6.07) is 4.26. The molecular formula is C17H21FN2O4. The van der Waals surface area contributed by atoms with Crippen LogP contribution in [0.25, 0.3) is 0 Å². The molecule has 0 unspecified atom stereocenters. The van der Waals surface area contributed by atoms with Crippen LogP contribution in [0.1, 0.15) is 19.3 Å². The van der Waals surface area contributed by atoms with E-state index in [1.54, 1.807) is 12.0 Å². The molecule has 24 heavy (non-hydrogen) atoms. The molecule has 2 aliphatic rings. The number of ether oxygens (including phenoxy) is 2. The van der Waals surface area contributed by atoms with Gasteiger partial charge in [-0.2, -0.15) is 0 Å². The van der Waals surface area contributed by atoms with E-state index >= 15 is 0 Å². The van der Waals surface area contributed by atoms with Gasteiger partial charge in [-0.3, -0.25) is 9.59 Å². The van der Waals surface area contributed by atoms with Crippen molar-refractivity contribution in [1.82, 2.24) is 4.90 Å². The Labute approximate surface area is 139 Å². The Balaban J connectivity index is 1.65. The molecule has 3 rings (SSSR count). The van der Waals surface area contributed by atoms with Crippen molar-refractivity contribution < 1.29 is 23.5 Å². The first-order valence-electron chi connectivity index (χ1n) is 8.10. The first-order valence-corrected chi connectivity index (χ1v) is 8.10. The smallest absolute Gasteiger partial charge is 0.229 e. The summed E-state index contributed by atoms with van der Waals surface area (Å²) in [6.45, 7) is 1.12. The summed E-state index contributed by atoms with van der Waals surface area (Å²) < 4.78 is 23.9. The minimum absolute atomic E-state index is 0.0217. The van der Waals surface area contributed by atoms with Gasteiger partial charge in [0.1, 0.15) is 18.2 Å². The van der Waals surface area contributed by atoms with Crippen molar-refractivity contribution in [3.8, 4) is 5.75 Å². The highest BCUT2D eigenvalue weighted by molar-refractivity contribution is 5.98. The molecule has 0 bridgehead atoms. The predicted octanol–water partition coefficient (Wildman–Crippen LogP) is 1.80. The third-order valence-electron chi connectivity index (χ3n) is 4.26. The summed E-state index contributed by atoms with van der Waals surface area (Å²) in [7, 11) is 1.55. The van der Waals surface area contributed by atoms with E-state index in [9.17, 15) is 14.0 Å². The third kappa shape index (κ3) is 3.84. The lowest BCUT2D eigenvalue weighted by molar-refractivity contribution is -0.128. The fourth-order valence-electron chi connectivity index (χ4n) is 2.84. The van der Waals surface area contributed by atoms with Crippen molar-refractivity contribution in [2.24, 2.45) is 5.92 Å². The number of rotatable bonds is 7. The second kappa shape index (κ2) is 7.17. The highest BCUT2D eigenvalue weighted by Gasteiger charge is 2.41. The van der Waals surface area contributed by atoms with Crippen LogP contribution >= 0.6 is 0 Å². The molecule has 1 N–H and O–H groups in total. The third-order valence-corrected chi connectivity index (χ3v) is 4.26. The molecule has 130 valence electrons. The van der Waals surface area contributed by atoms with Gasteiger partial charge in [0.25, 0.3) is 0 Å². The van der Waals surface area contributed by atoms with E-state index in [1.807, 2.05) is 0 Å². The Morgan fingerprint density at radius 3 is 2.88 bits per heavy atom. The minimum Gasteiger partial charge on any atom is -0.489 e. The number of carbonyl (C=O) groups excluding carboxylic acids is 2. The lowest BCUT2D eigenvalue weighted by Gasteiger charge is -2.16. The maximum Gasteiger partial charge on any atom is 0.229 e. The zero-order valence-corrected chi connectivity index (χ0v) is 13.6. The SMILES string of the molecule is COCCOc1ccc(F)cc1NC(=O)[C@@H]1CC(=O)N(C2CC2)C1. The molecule has 1 aliphatic heterocycles. The maximum absolute atomic E-state index is 13.5. The molecule has 2 fully saturated rings. The number of nitrogens with zero attached hydrogens (tertiary/aromatic N) is 1. The second-order valence-electron chi connectivity index (χ2n) is 6.15. The number of hydrogen-bond acceptors (Lipinski definition) is 4. The van der Waals surface area contributed by atoms with E-state index < -0.39 is 11.7 Å². The van der Waals surface area contributed by atoms with E-state index in [0.29, 0.717) is 31.5 Å². The van der Waals surface area contributed by atoms with Gasteiger partial charge in [0.05, 0.1) is 18.2 Å². The van der Waals surface area contributed by atoms with Gasteiger partial charge < -0.3 is 19.7 Å². The van der Waals surface area contributed by atoms with Crippen molar-refractivity contribution in [3.63, 3.8) is 0 Å². The first kappa shape index (κ1) is 16.7. The number of amides is 2. The summed E-state index contributed by atoms with van der Waals surface area (Å²) in [5.41, 5.74) is 0.272. The number of methoxy groups -OCH3 is 1. The summed E-state index contributed by atoms with van der Waals surface area (Å²) in [6.07, 6.45) is 2.24. The van der Waals surface area contributed by atoms with Gasteiger partial charge in [0.15, 0.2) is 0 Å². The molecule has 1 aromatic rings. The Bertz CT molecular complexity index is 633. The quantitative estimate of drug-likeness (QED) is 0.771. The number of carbonyl (C=O) groups is 2. The van der Waals surface area contributed by atoms with E-state index in [4.69, 9.17) is 9.47 Å². The predicted molar refractivity (Wildman–Crippen MR) is 85.2 cm³/mol. The molecule has 6 nitrogen and oxygen atoms in total. The highest BCUT2D eigenvalue weighted by atomic mass is 19.1. The van der Waals surface area contributed by atoms with E-state index in [0.717, 1.165) is 12.8 Å². The monoisotopic (exact) mass is 336 g/mol. The van der Waals surface area contributed by atoms with Crippen LogP contribution in [0, 0.1) is 11.7 Å². The fourth-order valence-corrected chi connectivity index (χ4v) is 2.84. The first-order chi connectivity index (χ1) is 11.6. The molecule has 7 heteroatoms. The average Bonchev–Trinajstić information content (AvgIpc) is 3.32. The van der Waals surface area contributed by atoms with Crippen LogP contribution in [0.15, 0.2) is 18.2 Å². The molecule has 1 atom stereocenters. The normalized spacial score (nSPS) is 20.3. The summed E-state index contributed by atoms with van der Waals surface area (Å²) in [5, 5.41) is 2.70. The molecule has 1 saturated carbocycles. The Morgan fingerprint density at radius 2 is 2.17 bits per heavy atom. The van der Waals surface area contributed by atoms with Crippen LogP contribution in [-0.2, 0) is 14.3 Å². The van der Waals surface area contributed by atoms with E-state index in [1.165, 1.54) is 18.2 Å². The standard InChI is InChI=1S/C17H21FN2O4/c1-23-6-7-24-15-5-2-12(18)9-14(15)19-17(22)11-8-16(21)20(10-11)13-3-4-13/h2,5,9,11,13H,3-4,6-8,10H2,1H3,(H,19,22)/t11-/m1/s1. The molecule has 1 saturated heterocycles. The molecule has 0 radical (unpaired) electrons. The number of benzene rings is 1. The van der Waals surface area contributed by atoms with E-state index in [2.05, 4.69) is 5.32 Å². The largest absolute Gasteiger partial charge is 0.489 e. The van der Waals surface area contributed by atoms with Crippen LogP contribution in [0.3, 0.4) is 0 Å². The second-order valence-corrected chi connectivity index (χ2v) is 6.15. The van der Waals surface area contributed by atoms with Crippen molar-refractivity contribution in [2.75, 3.05) is 32.2 Å². The lowest BCUT2D eigenvalue weighted by atomic mass is 10.1. The van der Waals surface area contributed by atoms with Gasteiger partial charge in [-0.1, -0.05) is 0 Å². The van der Waals surface area contributed by atoms with Gasteiger partial charge in [0, 0.05) is 32.2 Å². The number of likely N-dealkylation sites (tertiary alicyclic amines) is 1. The van der Waals surface area contributed by atoms with Crippen LogP contribution in [0.4, 0.5) is 10.1 Å². The zero-order valence-electron chi connectivity index (χ0n) is 13.6. The molecule has 0 aromatic heterocycles. The molecule has 0 spiro atoms. The number of nitrogens with one attached hydrogen (secondary N) is 1. The lowest BCUT2D eigenvalue weighted by Crippen LogP contribution is -2.30. The summed E-state index contributed by atoms with van der Waals surface area (Å²) in [4.78, 5) is 26.2. The molecule has 1 aliphatic carbocycles. The van der Waals surface area contributed by atoms with Crippen molar-refractivity contribution in [1.29, 1.82) is 0 Å². The summed E-state index contributed by atoms with van der Waals surface area (Å²) in [5.74, 6) is -0.757. The van der Waals surface area contributed by atoms with Crippen LogP contribution in [0.2, 0.25) is 0 Å². The maximum atomic E-state index is 13.5. The van der Waals surface area contributed by atoms with Crippen LogP contribution in [0.5, 0.6) is 5.75 Å². The van der Waals surface area contributed by atoms with Crippen molar-refractivity contribution in [3.05, 3.63) is 24.0 Å². The highest BCUT2D eigenvalue weighted by Crippen LogP contribution is 2.33. The van der Waals surface area contributed by atoms with Crippen LogP contribution < -0.4 is 10.1 Å². The summed E-state index contributed by atoms with van der Waals surface area (Å²) >= 11 is 0.